The van der Waals surface area contributed by atoms with Gasteiger partial charge in [0.1, 0.15) is 0 Å². The highest BCUT2D eigenvalue weighted by molar-refractivity contribution is 5.88. The molecule has 2 heterocycles. The summed E-state index contributed by atoms with van der Waals surface area (Å²) in [6, 6.07) is 4.73. The maximum Gasteiger partial charge on any atom is 0.223 e. The first-order valence-electron chi connectivity index (χ1n) is 10.2. The third-order valence-electron chi connectivity index (χ3n) is 6.50. The molecule has 3 atom stereocenters. The molecule has 1 saturated heterocycles. The molecular weight excluding hydrogens is 338 g/mol. The second-order valence-corrected chi connectivity index (χ2v) is 8.18. The van der Waals surface area contributed by atoms with Crippen molar-refractivity contribution in [2.45, 2.75) is 58.6 Å². The molecule has 5 nitrogen and oxygen atoms in total. The molecule has 27 heavy (non-hydrogen) atoms. The number of amides is 1. The van der Waals surface area contributed by atoms with Crippen molar-refractivity contribution in [2.75, 3.05) is 19.7 Å². The molecule has 5 heteroatoms. The lowest BCUT2D eigenvalue weighted by Crippen LogP contribution is -2.53. The van der Waals surface area contributed by atoms with Crippen molar-refractivity contribution in [3.63, 3.8) is 0 Å². The highest BCUT2D eigenvalue weighted by Gasteiger charge is 2.35. The lowest BCUT2D eigenvalue weighted by molar-refractivity contribution is -0.128. The van der Waals surface area contributed by atoms with Gasteiger partial charge in [-0.05, 0) is 63.1 Å². The smallest absolute Gasteiger partial charge is 0.223 e. The number of morpholine rings is 1. The highest BCUT2D eigenvalue weighted by atomic mass is 16.5. The van der Waals surface area contributed by atoms with E-state index in [4.69, 9.17) is 4.74 Å². The van der Waals surface area contributed by atoms with Crippen LogP contribution in [0.25, 0.3) is 10.9 Å². The van der Waals surface area contributed by atoms with Gasteiger partial charge >= 0.3 is 0 Å². The van der Waals surface area contributed by atoms with E-state index in [0.29, 0.717) is 18.7 Å². The second kappa shape index (κ2) is 7.64. The molecule has 2 aromatic rings. The Balaban J connectivity index is 1.36. The van der Waals surface area contributed by atoms with Gasteiger partial charge in [0.2, 0.25) is 5.91 Å². The van der Waals surface area contributed by atoms with E-state index in [1.165, 1.54) is 33.3 Å². The van der Waals surface area contributed by atoms with Gasteiger partial charge in [-0.3, -0.25) is 4.79 Å². The zero-order valence-corrected chi connectivity index (χ0v) is 16.7. The molecule has 1 aliphatic carbocycles. The first-order chi connectivity index (χ1) is 13.0. The van der Waals surface area contributed by atoms with Crippen LogP contribution in [0, 0.1) is 26.7 Å². The third kappa shape index (κ3) is 3.63. The van der Waals surface area contributed by atoms with Gasteiger partial charge < -0.3 is 20.4 Å². The third-order valence-corrected chi connectivity index (χ3v) is 6.50. The van der Waals surface area contributed by atoms with E-state index < -0.39 is 0 Å². The van der Waals surface area contributed by atoms with Crippen molar-refractivity contribution in [3.8, 4) is 0 Å². The minimum Gasteiger partial charge on any atom is -0.375 e. The maximum atomic E-state index is 12.7. The van der Waals surface area contributed by atoms with E-state index in [9.17, 15) is 4.79 Å². The topological polar surface area (TPSA) is 66.2 Å². The van der Waals surface area contributed by atoms with Gasteiger partial charge in [-0.15, -0.1) is 0 Å². The number of hydrogen-bond donors (Lipinski definition) is 3. The van der Waals surface area contributed by atoms with Gasteiger partial charge in [0.25, 0.3) is 0 Å². The van der Waals surface area contributed by atoms with Crippen LogP contribution in [0.3, 0.4) is 0 Å². The van der Waals surface area contributed by atoms with Crippen LogP contribution in [0.2, 0.25) is 0 Å². The number of H-pyrrole nitrogens is 1. The highest BCUT2D eigenvalue weighted by Crippen LogP contribution is 2.29. The molecule has 146 valence electrons. The van der Waals surface area contributed by atoms with Crippen molar-refractivity contribution < 1.29 is 9.53 Å². The Morgan fingerprint density at radius 2 is 2.11 bits per heavy atom. The Morgan fingerprint density at radius 1 is 1.26 bits per heavy atom. The molecule has 2 aliphatic rings. The van der Waals surface area contributed by atoms with Crippen LogP contribution >= 0.6 is 0 Å². The summed E-state index contributed by atoms with van der Waals surface area (Å²) in [5, 5.41) is 7.98. The quantitative estimate of drug-likeness (QED) is 0.776. The molecular formula is C22H31N3O2. The predicted molar refractivity (Wildman–Crippen MR) is 108 cm³/mol. The number of ether oxygens (including phenoxy) is 1. The minimum absolute atomic E-state index is 0.106. The minimum atomic E-state index is 0.106. The van der Waals surface area contributed by atoms with Gasteiger partial charge in [0.15, 0.2) is 0 Å². The molecule has 4 rings (SSSR count). The summed E-state index contributed by atoms with van der Waals surface area (Å²) in [7, 11) is 0. The van der Waals surface area contributed by atoms with E-state index in [0.717, 1.165) is 38.8 Å². The molecule has 0 radical (unpaired) electrons. The van der Waals surface area contributed by atoms with Crippen molar-refractivity contribution in [3.05, 3.63) is 34.5 Å². The fraction of sp³-hybridized carbons (Fsp3) is 0.591. The molecule has 0 bridgehead atoms. The number of hydrogen-bond acceptors (Lipinski definition) is 3. The lowest BCUT2D eigenvalue weighted by Gasteiger charge is -2.39. The molecule has 1 saturated carbocycles. The number of benzene rings is 1. The number of aryl methyl sites for hydroxylation is 3. The number of aromatic amines is 1. The van der Waals surface area contributed by atoms with Gasteiger partial charge in [0, 0.05) is 41.6 Å². The molecule has 2 fully saturated rings. The summed E-state index contributed by atoms with van der Waals surface area (Å²) < 4.78 is 5.81. The predicted octanol–water partition coefficient (Wildman–Crippen LogP) is 2.91. The van der Waals surface area contributed by atoms with E-state index in [1.54, 1.807) is 0 Å². The second-order valence-electron chi connectivity index (χ2n) is 8.18. The number of aromatic nitrogens is 1. The Kier molecular flexibility index (Phi) is 5.24. The van der Waals surface area contributed by atoms with Gasteiger partial charge in [-0.1, -0.05) is 12.1 Å². The largest absolute Gasteiger partial charge is 0.375 e. The van der Waals surface area contributed by atoms with Crippen LogP contribution in [0.4, 0.5) is 0 Å². The normalized spacial score (nSPS) is 25.4. The van der Waals surface area contributed by atoms with Crippen LogP contribution in [0.15, 0.2) is 12.1 Å². The SMILES string of the molecule is Cc1ccc2c(CCNC(=O)[C@H]3CC[C@H]4OCCN[C@@H]4C3)c(C)[nH]c2c1C. The van der Waals surface area contributed by atoms with Gasteiger partial charge in [-0.2, -0.15) is 0 Å². The molecule has 3 N–H and O–H groups in total. The standard InChI is InChI=1S/C22H31N3O2/c1-13-4-6-18-17(15(3)25-21(18)14(13)2)8-9-24-22(26)16-5-7-20-19(12-16)23-10-11-27-20/h4,6,16,19-20,23,25H,5,7-12H2,1-3H3,(H,24,26)/t16-,19+,20+/m0/s1. The Labute approximate surface area is 161 Å². The molecule has 1 aromatic carbocycles. The zero-order chi connectivity index (χ0) is 19.0. The average Bonchev–Trinajstić information content (AvgIpc) is 3.00. The van der Waals surface area contributed by atoms with Crippen LogP contribution in [-0.2, 0) is 16.0 Å². The number of carbonyl (C=O) groups is 1. The average molecular weight is 370 g/mol. The Bertz CT molecular complexity index is 842. The number of nitrogens with one attached hydrogen (secondary N) is 3. The monoisotopic (exact) mass is 369 g/mol. The maximum absolute atomic E-state index is 12.7. The van der Waals surface area contributed by atoms with Crippen molar-refractivity contribution >= 4 is 16.8 Å². The molecule has 1 aliphatic heterocycles. The summed E-state index contributed by atoms with van der Waals surface area (Å²) in [4.78, 5) is 16.2. The summed E-state index contributed by atoms with van der Waals surface area (Å²) in [5.41, 5.74) is 6.37. The van der Waals surface area contributed by atoms with E-state index in [1.807, 2.05) is 0 Å². The first kappa shape index (κ1) is 18.5. The molecule has 1 amide bonds. The number of carbonyl (C=O) groups excluding carboxylic acids is 1. The summed E-state index contributed by atoms with van der Waals surface area (Å²) in [5.74, 6) is 0.305. The van der Waals surface area contributed by atoms with E-state index in [-0.39, 0.29) is 11.8 Å². The lowest BCUT2D eigenvalue weighted by atomic mass is 9.82. The van der Waals surface area contributed by atoms with E-state index >= 15 is 0 Å². The first-order valence-corrected chi connectivity index (χ1v) is 10.2. The van der Waals surface area contributed by atoms with Crippen LogP contribution in [0.1, 0.15) is 41.6 Å². The number of rotatable bonds is 4. The summed E-state index contributed by atoms with van der Waals surface area (Å²) in [6.45, 7) is 8.82. The molecule has 0 spiro atoms. The van der Waals surface area contributed by atoms with E-state index in [2.05, 4.69) is 48.5 Å². The van der Waals surface area contributed by atoms with Gasteiger partial charge in [0.05, 0.1) is 12.7 Å². The van der Waals surface area contributed by atoms with Crippen LogP contribution < -0.4 is 10.6 Å². The zero-order valence-electron chi connectivity index (χ0n) is 16.7. The fourth-order valence-corrected chi connectivity index (χ4v) is 4.72. The Hall–Kier alpha value is -1.85. The van der Waals surface area contributed by atoms with Crippen LogP contribution in [0.5, 0.6) is 0 Å². The van der Waals surface area contributed by atoms with Crippen LogP contribution in [-0.4, -0.2) is 42.7 Å². The molecule has 1 aromatic heterocycles. The summed E-state index contributed by atoms with van der Waals surface area (Å²) >= 11 is 0. The Morgan fingerprint density at radius 3 is 2.96 bits per heavy atom. The van der Waals surface area contributed by atoms with Crippen molar-refractivity contribution in [1.82, 2.24) is 15.6 Å². The molecule has 0 unspecified atom stereocenters. The number of fused-ring (bicyclic) bond motifs is 2. The summed E-state index contributed by atoms with van der Waals surface area (Å²) in [6.07, 6.45) is 3.96. The van der Waals surface area contributed by atoms with Crippen molar-refractivity contribution in [1.29, 1.82) is 0 Å². The van der Waals surface area contributed by atoms with Gasteiger partial charge in [-0.25, -0.2) is 0 Å². The van der Waals surface area contributed by atoms with Crippen molar-refractivity contribution in [2.24, 2.45) is 5.92 Å². The fourth-order valence-electron chi connectivity index (χ4n) is 4.72.